The number of rotatable bonds is 1. The molecule has 2 aromatic rings. The lowest BCUT2D eigenvalue weighted by molar-refractivity contribution is 0.874. The third-order valence-corrected chi connectivity index (χ3v) is 2.53. The predicted octanol–water partition coefficient (Wildman–Crippen LogP) is 2.05. The number of nitrogens with one attached hydrogen (secondary N) is 1. The van der Waals surface area contributed by atoms with E-state index in [2.05, 4.69) is 5.10 Å². The smallest absolute Gasteiger partial charge is 0.266 e. The number of aromatic nitrogens is 2. The molecule has 1 aromatic carbocycles. The molecule has 0 aliphatic carbocycles. The van der Waals surface area contributed by atoms with Gasteiger partial charge in [-0.05, 0) is 12.1 Å². The lowest BCUT2D eigenvalue weighted by atomic mass is 10.3. The third-order valence-electron chi connectivity index (χ3n) is 1.92. The van der Waals surface area contributed by atoms with Crippen molar-refractivity contribution in [2.24, 2.45) is 0 Å². The van der Waals surface area contributed by atoms with Crippen LogP contribution in [0.1, 0.15) is 0 Å². The maximum absolute atomic E-state index is 11.1. The molecule has 0 unspecified atom stereocenters. The number of halogens is 2. The first-order valence-electron chi connectivity index (χ1n) is 4.11. The zero-order valence-corrected chi connectivity index (χ0v) is 9.01. The molecule has 0 aliphatic rings. The van der Waals surface area contributed by atoms with Crippen LogP contribution < -0.4 is 11.3 Å². The summed E-state index contributed by atoms with van der Waals surface area (Å²) < 4.78 is 1.35. The molecule has 0 saturated heterocycles. The Morgan fingerprint density at radius 3 is 2.33 bits per heavy atom. The van der Waals surface area contributed by atoms with Gasteiger partial charge in [0.05, 0.1) is 10.0 Å². The standard InChI is InChI=1S/C9H7Cl2N3O/c10-5-2-1-3-6(11)9(5)14-7(12)4-8(15)13-14/h1-4H,12H2,(H,13,15). The second-order valence-electron chi connectivity index (χ2n) is 2.95. The summed E-state index contributed by atoms with van der Waals surface area (Å²) in [5.74, 6) is 0.259. The lowest BCUT2D eigenvalue weighted by Gasteiger charge is -2.08. The van der Waals surface area contributed by atoms with E-state index in [0.29, 0.717) is 15.7 Å². The van der Waals surface area contributed by atoms with Gasteiger partial charge >= 0.3 is 0 Å². The average Bonchev–Trinajstić information content (AvgIpc) is 2.45. The van der Waals surface area contributed by atoms with E-state index >= 15 is 0 Å². The van der Waals surface area contributed by atoms with Crippen LogP contribution in [0.5, 0.6) is 0 Å². The Hall–Kier alpha value is -1.39. The fraction of sp³-hybridized carbons (Fsp3) is 0. The van der Waals surface area contributed by atoms with Crippen molar-refractivity contribution < 1.29 is 0 Å². The van der Waals surface area contributed by atoms with E-state index in [4.69, 9.17) is 28.9 Å². The molecule has 4 nitrogen and oxygen atoms in total. The van der Waals surface area contributed by atoms with Gasteiger partial charge in [-0.15, -0.1) is 0 Å². The molecule has 0 amide bonds. The first-order valence-corrected chi connectivity index (χ1v) is 4.87. The van der Waals surface area contributed by atoms with Gasteiger partial charge in [-0.3, -0.25) is 9.89 Å². The minimum absolute atomic E-state index is 0.259. The number of nitrogen functional groups attached to an aromatic ring is 1. The molecule has 0 bridgehead atoms. The van der Waals surface area contributed by atoms with E-state index in [0.717, 1.165) is 0 Å². The van der Waals surface area contributed by atoms with Crippen LogP contribution in [-0.2, 0) is 0 Å². The molecule has 0 saturated carbocycles. The van der Waals surface area contributed by atoms with Crippen molar-refractivity contribution in [2.75, 3.05) is 5.73 Å². The topological polar surface area (TPSA) is 63.8 Å². The Morgan fingerprint density at radius 1 is 1.27 bits per heavy atom. The van der Waals surface area contributed by atoms with Crippen molar-refractivity contribution in [3.8, 4) is 5.69 Å². The summed E-state index contributed by atoms with van der Waals surface area (Å²) in [6.07, 6.45) is 0. The van der Waals surface area contributed by atoms with Crippen molar-refractivity contribution in [1.82, 2.24) is 9.78 Å². The van der Waals surface area contributed by atoms with Gasteiger partial charge in [-0.25, -0.2) is 4.68 Å². The van der Waals surface area contributed by atoms with Gasteiger partial charge in [0.25, 0.3) is 5.56 Å². The van der Waals surface area contributed by atoms with Crippen LogP contribution in [0.4, 0.5) is 5.82 Å². The van der Waals surface area contributed by atoms with Gasteiger partial charge in [0, 0.05) is 6.07 Å². The number of nitrogens with zero attached hydrogens (tertiary/aromatic N) is 1. The number of benzene rings is 1. The Labute approximate surface area is 95.2 Å². The monoisotopic (exact) mass is 243 g/mol. The molecule has 0 fully saturated rings. The molecule has 15 heavy (non-hydrogen) atoms. The van der Waals surface area contributed by atoms with Crippen molar-refractivity contribution in [3.63, 3.8) is 0 Å². The number of aromatic amines is 1. The second kappa shape index (κ2) is 3.64. The number of hydrogen-bond donors (Lipinski definition) is 2. The lowest BCUT2D eigenvalue weighted by Crippen LogP contribution is -2.06. The molecule has 0 aliphatic heterocycles. The van der Waals surface area contributed by atoms with Crippen molar-refractivity contribution in [1.29, 1.82) is 0 Å². The molecular formula is C9H7Cl2N3O. The summed E-state index contributed by atoms with van der Waals surface area (Å²) in [6, 6.07) is 6.31. The van der Waals surface area contributed by atoms with E-state index < -0.39 is 0 Å². The molecule has 78 valence electrons. The van der Waals surface area contributed by atoms with Gasteiger partial charge in [-0.2, -0.15) is 0 Å². The number of nitrogens with two attached hydrogens (primary N) is 1. The number of anilines is 1. The number of H-pyrrole nitrogens is 1. The van der Waals surface area contributed by atoms with Crippen molar-refractivity contribution in [3.05, 3.63) is 44.7 Å². The van der Waals surface area contributed by atoms with Crippen LogP contribution in [0.3, 0.4) is 0 Å². The Morgan fingerprint density at radius 2 is 1.87 bits per heavy atom. The Balaban J connectivity index is 2.74. The first kappa shape index (κ1) is 10.1. The van der Waals surface area contributed by atoms with E-state index in [1.165, 1.54) is 10.7 Å². The minimum atomic E-state index is -0.302. The van der Waals surface area contributed by atoms with Crippen LogP contribution in [-0.4, -0.2) is 9.78 Å². The van der Waals surface area contributed by atoms with E-state index in [9.17, 15) is 4.79 Å². The normalized spacial score (nSPS) is 10.5. The highest BCUT2D eigenvalue weighted by molar-refractivity contribution is 6.37. The summed E-state index contributed by atoms with van der Waals surface area (Å²) >= 11 is 11.9. The molecule has 0 atom stereocenters. The summed E-state index contributed by atoms with van der Waals surface area (Å²) in [4.78, 5) is 11.1. The van der Waals surface area contributed by atoms with Crippen LogP contribution in [0.25, 0.3) is 5.69 Å². The molecule has 3 N–H and O–H groups in total. The Bertz CT molecular complexity index is 538. The zero-order valence-electron chi connectivity index (χ0n) is 7.50. The Kier molecular flexibility index (Phi) is 2.46. The average molecular weight is 244 g/mol. The highest BCUT2D eigenvalue weighted by Gasteiger charge is 2.10. The maximum atomic E-state index is 11.1. The van der Waals surface area contributed by atoms with Crippen molar-refractivity contribution in [2.45, 2.75) is 0 Å². The van der Waals surface area contributed by atoms with Crippen LogP contribution in [0.15, 0.2) is 29.1 Å². The highest BCUT2D eigenvalue weighted by Crippen LogP contribution is 2.28. The molecule has 6 heteroatoms. The van der Waals surface area contributed by atoms with E-state index in [-0.39, 0.29) is 11.4 Å². The first-order chi connectivity index (χ1) is 7.09. The van der Waals surface area contributed by atoms with E-state index in [1.54, 1.807) is 18.2 Å². The second-order valence-corrected chi connectivity index (χ2v) is 3.77. The molecule has 1 heterocycles. The fourth-order valence-electron chi connectivity index (χ4n) is 1.29. The van der Waals surface area contributed by atoms with Crippen LogP contribution >= 0.6 is 23.2 Å². The van der Waals surface area contributed by atoms with Gasteiger partial charge in [0.15, 0.2) is 0 Å². The van der Waals surface area contributed by atoms with Gasteiger partial charge in [0.1, 0.15) is 11.5 Å². The van der Waals surface area contributed by atoms with Crippen LogP contribution in [0.2, 0.25) is 10.0 Å². The quantitative estimate of drug-likeness (QED) is 0.806. The molecule has 1 aromatic heterocycles. The maximum Gasteiger partial charge on any atom is 0.266 e. The summed E-state index contributed by atoms with van der Waals surface area (Å²) in [5, 5.41) is 3.34. The molecular weight excluding hydrogens is 237 g/mol. The number of para-hydroxylation sites is 1. The van der Waals surface area contributed by atoms with Crippen molar-refractivity contribution >= 4 is 29.0 Å². The van der Waals surface area contributed by atoms with Gasteiger partial charge in [-0.1, -0.05) is 29.3 Å². The largest absolute Gasteiger partial charge is 0.384 e. The SMILES string of the molecule is Nc1cc(=O)[nH]n1-c1c(Cl)cccc1Cl. The summed E-state index contributed by atoms with van der Waals surface area (Å²) in [6.45, 7) is 0. The molecule has 2 rings (SSSR count). The van der Waals surface area contributed by atoms with Gasteiger partial charge < -0.3 is 5.73 Å². The zero-order chi connectivity index (χ0) is 11.0. The summed E-state index contributed by atoms with van der Waals surface area (Å²) in [5.41, 5.74) is 5.80. The minimum Gasteiger partial charge on any atom is -0.384 e. The third kappa shape index (κ3) is 1.73. The highest BCUT2D eigenvalue weighted by atomic mass is 35.5. The van der Waals surface area contributed by atoms with Gasteiger partial charge in [0.2, 0.25) is 0 Å². The number of hydrogen-bond acceptors (Lipinski definition) is 2. The predicted molar refractivity (Wildman–Crippen MR) is 60.8 cm³/mol. The summed E-state index contributed by atoms with van der Waals surface area (Å²) in [7, 11) is 0. The molecule has 0 radical (unpaired) electrons. The fourth-order valence-corrected chi connectivity index (χ4v) is 1.86. The van der Waals surface area contributed by atoms with Crippen LogP contribution in [0, 0.1) is 0 Å². The van der Waals surface area contributed by atoms with E-state index in [1.807, 2.05) is 0 Å². The molecule has 0 spiro atoms.